The zero-order valence-corrected chi connectivity index (χ0v) is 12.0. The molecule has 0 unspecified atom stereocenters. The standard InChI is InChI=1S/C13H19N7O/c1-19(9-13(21)5-2-3-6-13)11-16-10(14)17-12(18-11)20-8-4-7-15-20/h4,7-8,21H,2-3,5-6,9H2,1H3,(H2,14,16,17,18). The fraction of sp³-hybridized carbons (Fsp3) is 0.538. The van der Waals surface area contributed by atoms with Crippen LogP contribution in [0.2, 0.25) is 0 Å². The Morgan fingerprint density at radius 3 is 2.76 bits per heavy atom. The average Bonchev–Trinajstić information content (AvgIpc) is 3.09. The second kappa shape index (κ2) is 5.28. The van der Waals surface area contributed by atoms with E-state index in [0.29, 0.717) is 18.4 Å². The molecular weight excluding hydrogens is 270 g/mol. The van der Waals surface area contributed by atoms with Crippen LogP contribution in [-0.2, 0) is 0 Å². The van der Waals surface area contributed by atoms with E-state index in [1.165, 1.54) is 4.68 Å². The summed E-state index contributed by atoms with van der Waals surface area (Å²) in [6, 6.07) is 1.78. The lowest BCUT2D eigenvalue weighted by Gasteiger charge is -2.28. The predicted molar refractivity (Wildman–Crippen MR) is 78.0 cm³/mol. The van der Waals surface area contributed by atoms with Gasteiger partial charge in [-0.1, -0.05) is 12.8 Å². The highest BCUT2D eigenvalue weighted by Crippen LogP contribution is 2.30. The molecule has 8 nitrogen and oxygen atoms in total. The summed E-state index contributed by atoms with van der Waals surface area (Å²) in [4.78, 5) is 14.4. The van der Waals surface area contributed by atoms with Crippen molar-refractivity contribution in [2.45, 2.75) is 31.3 Å². The van der Waals surface area contributed by atoms with Crippen LogP contribution in [0.5, 0.6) is 0 Å². The molecule has 0 saturated heterocycles. The molecule has 3 N–H and O–H groups in total. The number of nitrogens with two attached hydrogens (primary N) is 1. The highest BCUT2D eigenvalue weighted by atomic mass is 16.3. The topological polar surface area (TPSA) is 106 Å². The van der Waals surface area contributed by atoms with Gasteiger partial charge in [0.15, 0.2) is 0 Å². The van der Waals surface area contributed by atoms with Gasteiger partial charge in [0.2, 0.25) is 11.9 Å². The van der Waals surface area contributed by atoms with Crippen molar-refractivity contribution < 1.29 is 5.11 Å². The summed E-state index contributed by atoms with van der Waals surface area (Å²) in [6.45, 7) is 0.481. The molecule has 21 heavy (non-hydrogen) atoms. The number of aromatic nitrogens is 5. The van der Waals surface area contributed by atoms with Crippen molar-refractivity contribution in [2.24, 2.45) is 0 Å². The minimum atomic E-state index is -0.665. The van der Waals surface area contributed by atoms with Gasteiger partial charge < -0.3 is 15.7 Å². The highest BCUT2D eigenvalue weighted by Gasteiger charge is 2.33. The van der Waals surface area contributed by atoms with Crippen molar-refractivity contribution >= 4 is 11.9 Å². The first-order valence-corrected chi connectivity index (χ1v) is 7.01. The van der Waals surface area contributed by atoms with Crippen LogP contribution >= 0.6 is 0 Å². The number of aliphatic hydroxyl groups is 1. The molecule has 1 saturated carbocycles. The van der Waals surface area contributed by atoms with E-state index in [1.54, 1.807) is 18.5 Å². The van der Waals surface area contributed by atoms with Crippen molar-refractivity contribution in [2.75, 3.05) is 24.2 Å². The van der Waals surface area contributed by atoms with E-state index in [2.05, 4.69) is 20.1 Å². The third-order valence-corrected chi connectivity index (χ3v) is 3.75. The zero-order chi connectivity index (χ0) is 14.9. The van der Waals surface area contributed by atoms with Gasteiger partial charge in [-0.25, -0.2) is 4.68 Å². The van der Waals surface area contributed by atoms with Crippen LogP contribution in [0.25, 0.3) is 5.95 Å². The molecule has 2 heterocycles. The maximum absolute atomic E-state index is 10.5. The van der Waals surface area contributed by atoms with Crippen LogP contribution < -0.4 is 10.6 Å². The first kappa shape index (κ1) is 13.7. The molecule has 112 valence electrons. The van der Waals surface area contributed by atoms with Gasteiger partial charge >= 0.3 is 0 Å². The van der Waals surface area contributed by atoms with Gasteiger partial charge in [0.25, 0.3) is 5.95 Å². The van der Waals surface area contributed by atoms with Gasteiger partial charge in [-0.3, -0.25) is 0 Å². The second-order valence-corrected chi connectivity index (χ2v) is 5.53. The molecule has 0 bridgehead atoms. The lowest BCUT2D eigenvalue weighted by molar-refractivity contribution is 0.0556. The normalized spacial score (nSPS) is 17.0. The first-order chi connectivity index (χ1) is 10.1. The molecule has 0 spiro atoms. The van der Waals surface area contributed by atoms with E-state index >= 15 is 0 Å². The van der Waals surface area contributed by atoms with Crippen molar-refractivity contribution in [3.05, 3.63) is 18.5 Å². The Morgan fingerprint density at radius 2 is 2.10 bits per heavy atom. The Labute approximate surface area is 122 Å². The highest BCUT2D eigenvalue weighted by molar-refractivity contribution is 5.37. The van der Waals surface area contributed by atoms with Gasteiger partial charge in [0, 0.05) is 26.0 Å². The molecule has 0 aromatic carbocycles. The molecule has 0 amide bonds. The Hall–Kier alpha value is -2.22. The Morgan fingerprint density at radius 1 is 1.33 bits per heavy atom. The third kappa shape index (κ3) is 2.94. The van der Waals surface area contributed by atoms with Crippen molar-refractivity contribution in [3.63, 3.8) is 0 Å². The van der Waals surface area contributed by atoms with Crippen molar-refractivity contribution in [3.8, 4) is 5.95 Å². The third-order valence-electron chi connectivity index (χ3n) is 3.75. The summed E-state index contributed by atoms with van der Waals surface area (Å²) < 4.78 is 1.53. The lowest BCUT2D eigenvalue weighted by atomic mass is 10.0. The van der Waals surface area contributed by atoms with Crippen LogP contribution in [0, 0.1) is 0 Å². The molecule has 1 fully saturated rings. The molecule has 0 radical (unpaired) electrons. The van der Waals surface area contributed by atoms with E-state index < -0.39 is 5.60 Å². The SMILES string of the molecule is CN(CC1(O)CCCC1)c1nc(N)nc(-n2cccn2)n1. The molecule has 0 aliphatic heterocycles. The minimum Gasteiger partial charge on any atom is -0.388 e. The number of anilines is 2. The van der Waals surface area contributed by atoms with Crippen LogP contribution in [-0.4, -0.2) is 49.0 Å². The van der Waals surface area contributed by atoms with Gasteiger partial charge in [0.05, 0.1) is 5.60 Å². The summed E-state index contributed by atoms with van der Waals surface area (Å²) >= 11 is 0. The van der Waals surface area contributed by atoms with Crippen molar-refractivity contribution in [1.82, 2.24) is 24.7 Å². The summed E-state index contributed by atoms with van der Waals surface area (Å²) in [7, 11) is 1.85. The molecule has 3 rings (SSSR count). The quantitative estimate of drug-likeness (QED) is 0.838. The average molecular weight is 289 g/mol. The lowest BCUT2D eigenvalue weighted by Crippen LogP contribution is -2.40. The second-order valence-electron chi connectivity index (χ2n) is 5.53. The maximum atomic E-state index is 10.5. The zero-order valence-electron chi connectivity index (χ0n) is 12.0. The summed E-state index contributed by atoms with van der Waals surface area (Å²) in [6.07, 6.45) is 7.12. The number of hydrogen-bond donors (Lipinski definition) is 2. The fourth-order valence-electron chi connectivity index (χ4n) is 2.73. The van der Waals surface area contributed by atoms with Gasteiger partial charge in [-0.15, -0.1) is 0 Å². The first-order valence-electron chi connectivity index (χ1n) is 7.01. The van der Waals surface area contributed by atoms with Crippen LogP contribution in [0.15, 0.2) is 18.5 Å². The van der Waals surface area contributed by atoms with E-state index in [4.69, 9.17) is 5.73 Å². The van der Waals surface area contributed by atoms with E-state index in [-0.39, 0.29) is 5.95 Å². The molecule has 2 aromatic heterocycles. The molecule has 1 aliphatic rings. The van der Waals surface area contributed by atoms with Crippen LogP contribution in [0.4, 0.5) is 11.9 Å². The van der Waals surface area contributed by atoms with E-state index in [0.717, 1.165) is 25.7 Å². The molecule has 8 heteroatoms. The molecular formula is C13H19N7O. The fourth-order valence-corrected chi connectivity index (χ4v) is 2.73. The van der Waals surface area contributed by atoms with Crippen molar-refractivity contribution in [1.29, 1.82) is 0 Å². The minimum absolute atomic E-state index is 0.135. The summed E-state index contributed by atoms with van der Waals surface area (Å²) in [5.74, 6) is 0.942. The number of rotatable bonds is 4. The number of nitrogens with zero attached hydrogens (tertiary/aromatic N) is 6. The Balaban J connectivity index is 1.84. The number of hydrogen-bond acceptors (Lipinski definition) is 7. The largest absolute Gasteiger partial charge is 0.388 e. The summed E-state index contributed by atoms with van der Waals surface area (Å²) in [5, 5.41) is 14.6. The number of likely N-dealkylation sites (N-methyl/N-ethyl adjacent to an activating group) is 1. The maximum Gasteiger partial charge on any atom is 0.257 e. The Bertz CT molecular complexity index is 607. The molecule has 0 atom stereocenters. The van der Waals surface area contributed by atoms with Crippen LogP contribution in [0.3, 0.4) is 0 Å². The monoisotopic (exact) mass is 289 g/mol. The smallest absolute Gasteiger partial charge is 0.257 e. The predicted octanol–water partition coefficient (Wildman–Crippen LogP) is 0.381. The van der Waals surface area contributed by atoms with Gasteiger partial charge in [-0.05, 0) is 18.9 Å². The molecule has 2 aromatic rings. The van der Waals surface area contributed by atoms with Gasteiger partial charge in [0.1, 0.15) is 0 Å². The summed E-state index contributed by atoms with van der Waals surface area (Å²) in [5.41, 5.74) is 5.09. The Kier molecular flexibility index (Phi) is 3.46. The van der Waals surface area contributed by atoms with Gasteiger partial charge in [-0.2, -0.15) is 20.1 Å². The van der Waals surface area contributed by atoms with E-state index in [9.17, 15) is 5.11 Å². The van der Waals surface area contributed by atoms with E-state index in [1.807, 2.05) is 11.9 Å². The van der Waals surface area contributed by atoms with Crippen LogP contribution in [0.1, 0.15) is 25.7 Å². The molecule has 1 aliphatic carbocycles. The number of nitrogen functional groups attached to an aromatic ring is 1.